The average Bonchev–Trinajstić information content (AvgIpc) is 2.48. The minimum atomic E-state index is 0.141. The first-order valence-corrected chi connectivity index (χ1v) is 7.26. The highest BCUT2D eigenvalue weighted by Gasteiger charge is 2.16. The molecule has 1 unspecified atom stereocenters. The van der Waals surface area contributed by atoms with E-state index >= 15 is 0 Å². The number of nitrogens with zero attached hydrogens (tertiary/aromatic N) is 2. The number of ether oxygens (including phenoxy) is 1. The molecule has 0 radical (unpaired) electrons. The second-order valence-electron chi connectivity index (χ2n) is 4.57. The maximum atomic E-state index is 5.20. The second kappa shape index (κ2) is 6.81. The molecule has 4 nitrogen and oxygen atoms in total. The molecule has 0 spiro atoms. The standard InChI is InChI=1S/C15H18BrN3O/c1-10(9-20-3)14-18-13(11-7-5-4-6-8-11)12(16)15(17-2)19-14/h4-8,10H,9H2,1-3H3,(H,17,18,19). The lowest BCUT2D eigenvalue weighted by Gasteiger charge is -2.14. The maximum Gasteiger partial charge on any atom is 0.144 e. The van der Waals surface area contributed by atoms with Gasteiger partial charge in [0.2, 0.25) is 0 Å². The highest BCUT2D eigenvalue weighted by molar-refractivity contribution is 9.10. The van der Waals surface area contributed by atoms with Gasteiger partial charge in [0.25, 0.3) is 0 Å². The summed E-state index contributed by atoms with van der Waals surface area (Å²) >= 11 is 3.58. The van der Waals surface area contributed by atoms with Crippen LogP contribution in [0.2, 0.25) is 0 Å². The van der Waals surface area contributed by atoms with E-state index in [1.54, 1.807) is 7.11 Å². The van der Waals surface area contributed by atoms with Gasteiger partial charge in [-0.05, 0) is 15.9 Å². The van der Waals surface area contributed by atoms with E-state index in [0.29, 0.717) is 6.61 Å². The summed E-state index contributed by atoms with van der Waals surface area (Å²) in [7, 11) is 3.54. The van der Waals surface area contributed by atoms with Crippen LogP contribution in [-0.4, -0.2) is 30.7 Å². The predicted molar refractivity (Wildman–Crippen MR) is 85.0 cm³/mol. The smallest absolute Gasteiger partial charge is 0.144 e. The molecular formula is C15H18BrN3O. The fourth-order valence-electron chi connectivity index (χ4n) is 1.96. The zero-order chi connectivity index (χ0) is 14.5. The monoisotopic (exact) mass is 335 g/mol. The molecule has 20 heavy (non-hydrogen) atoms. The lowest BCUT2D eigenvalue weighted by Crippen LogP contribution is -2.10. The lowest BCUT2D eigenvalue weighted by atomic mass is 10.1. The molecule has 0 aliphatic rings. The van der Waals surface area contributed by atoms with E-state index in [0.717, 1.165) is 27.4 Å². The summed E-state index contributed by atoms with van der Waals surface area (Å²) in [5, 5.41) is 3.10. The third kappa shape index (κ3) is 3.16. The number of hydrogen-bond acceptors (Lipinski definition) is 4. The molecule has 1 heterocycles. The van der Waals surface area contributed by atoms with Gasteiger partial charge in [-0.3, -0.25) is 0 Å². The molecule has 2 rings (SSSR count). The summed E-state index contributed by atoms with van der Waals surface area (Å²) in [6, 6.07) is 10.1. The van der Waals surface area contributed by atoms with Crippen LogP contribution in [0.15, 0.2) is 34.8 Å². The Morgan fingerprint density at radius 3 is 2.55 bits per heavy atom. The van der Waals surface area contributed by atoms with Crippen molar-refractivity contribution in [2.45, 2.75) is 12.8 Å². The molecule has 0 aliphatic heterocycles. The van der Waals surface area contributed by atoms with Crippen molar-refractivity contribution in [3.63, 3.8) is 0 Å². The van der Waals surface area contributed by atoms with Gasteiger partial charge >= 0.3 is 0 Å². The Labute approximate surface area is 127 Å². The van der Waals surface area contributed by atoms with Crippen LogP contribution >= 0.6 is 15.9 Å². The third-order valence-electron chi connectivity index (χ3n) is 3.01. The molecule has 0 saturated carbocycles. The Balaban J connectivity index is 2.53. The molecular weight excluding hydrogens is 318 g/mol. The van der Waals surface area contributed by atoms with Gasteiger partial charge < -0.3 is 10.1 Å². The van der Waals surface area contributed by atoms with Crippen molar-refractivity contribution in [1.29, 1.82) is 0 Å². The number of aromatic nitrogens is 2. The largest absolute Gasteiger partial charge is 0.384 e. The topological polar surface area (TPSA) is 47.0 Å². The van der Waals surface area contributed by atoms with Gasteiger partial charge in [-0.1, -0.05) is 37.3 Å². The van der Waals surface area contributed by atoms with Gasteiger partial charge in [-0.25, -0.2) is 9.97 Å². The van der Waals surface area contributed by atoms with Crippen LogP contribution in [0, 0.1) is 0 Å². The molecule has 0 aliphatic carbocycles. The summed E-state index contributed by atoms with van der Waals surface area (Å²) in [6.45, 7) is 2.65. The second-order valence-corrected chi connectivity index (χ2v) is 5.36. The maximum absolute atomic E-state index is 5.20. The first kappa shape index (κ1) is 14.9. The summed E-state index contributed by atoms with van der Waals surface area (Å²) in [5.74, 6) is 1.71. The van der Waals surface area contributed by atoms with Crippen molar-refractivity contribution < 1.29 is 4.74 Å². The molecule has 5 heteroatoms. The van der Waals surface area contributed by atoms with Crippen LogP contribution in [-0.2, 0) is 4.74 Å². The molecule has 1 aromatic heterocycles. The number of anilines is 1. The highest BCUT2D eigenvalue weighted by Crippen LogP contribution is 2.32. The molecule has 0 amide bonds. The van der Waals surface area contributed by atoms with E-state index in [-0.39, 0.29) is 5.92 Å². The van der Waals surface area contributed by atoms with Crippen molar-refractivity contribution >= 4 is 21.7 Å². The number of methoxy groups -OCH3 is 1. The number of hydrogen-bond donors (Lipinski definition) is 1. The Morgan fingerprint density at radius 1 is 1.25 bits per heavy atom. The van der Waals surface area contributed by atoms with Crippen molar-refractivity contribution in [3.05, 3.63) is 40.6 Å². The van der Waals surface area contributed by atoms with Gasteiger partial charge in [0.1, 0.15) is 11.6 Å². The van der Waals surface area contributed by atoms with Crippen LogP contribution in [0.5, 0.6) is 0 Å². The van der Waals surface area contributed by atoms with Gasteiger partial charge in [0.15, 0.2) is 0 Å². The number of nitrogens with one attached hydrogen (secondary N) is 1. The quantitative estimate of drug-likeness (QED) is 0.904. The zero-order valence-electron chi connectivity index (χ0n) is 11.9. The van der Waals surface area contributed by atoms with Crippen LogP contribution in [0.25, 0.3) is 11.3 Å². The van der Waals surface area contributed by atoms with Crippen LogP contribution in [0.3, 0.4) is 0 Å². The summed E-state index contributed by atoms with van der Waals surface area (Å²) in [5.41, 5.74) is 1.95. The zero-order valence-corrected chi connectivity index (χ0v) is 13.4. The number of rotatable bonds is 5. The predicted octanol–water partition coefficient (Wildman–Crippen LogP) is 3.70. The van der Waals surface area contributed by atoms with Crippen LogP contribution < -0.4 is 5.32 Å². The molecule has 2 aromatic rings. The summed E-state index contributed by atoms with van der Waals surface area (Å²) in [4.78, 5) is 9.24. The fourth-order valence-corrected chi connectivity index (χ4v) is 2.57. The van der Waals surface area contributed by atoms with E-state index in [9.17, 15) is 0 Å². The van der Waals surface area contributed by atoms with E-state index in [1.165, 1.54) is 0 Å². The Morgan fingerprint density at radius 2 is 1.95 bits per heavy atom. The number of halogens is 1. The van der Waals surface area contributed by atoms with Crippen molar-refractivity contribution in [2.24, 2.45) is 0 Å². The van der Waals surface area contributed by atoms with E-state index < -0.39 is 0 Å². The first-order chi connectivity index (χ1) is 9.67. The third-order valence-corrected chi connectivity index (χ3v) is 3.76. The molecule has 0 bridgehead atoms. The molecule has 0 fully saturated rings. The van der Waals surface area contributed by atoms with E-state index in [4.69, 9.17) is 9.72 Å². The van der Waals surface area contributed by atoms with Gasteiger partial charge in [0.05, 0.1) is 16.8 Å². The van der Waals surface area contributed by atoms with E-state index in [1.807, 2.05) is 37.4 Å². The van der Waals surface area contributed by atoms with Crippen molar-refractivity contribution in [1.82, 2.24) is 9.97 Å². The SMILES string of the molecule is CNc1nc(C(C)COC)nc(-c2ccccc2)c1Br. The summed E-state index contributed by atoms with van der Waals surface area (Å²) in [6.07, 6.45) is 0. The Hall–Kier alpha value is -1.46. The fraction of sp³-hybridized carbons (Fsp3) is 0.333. The van der Waals surface area contributed by atoms with Gasteiger partial charge in [-0.2, -0.15) is 0 Å². The van der Waals surface area contributed by atoms with Gasteiger partial charge in [-0.15, -0.1) is 0 Å². The Kier molecular flexibility index (Phi) is 5.09. The molecule has 1 aromatic carbocycles. The minimum Gasteiger partial charge on any atom is -0.384 e. The molecule has 1 N–H and O–H groups in total. The molecule has 106 valence electrons. The van der Waals surface area contributed by atoms with Crippen molar-refractivity contribution in [2.75, 3.05) is 26.1 Å². The van der Waals surface area contributed by atoms with Crippen LogP contribution in [0.4, 0.5) is 5.82 Å². The summed E-state index contributed by atoms with van der Waals surface area (Å²) < 4.78 is 6.07. The lowest BCUT2D eigenvalue weighted by molar-refractivity contribution is 0.181. The molecule has 0 saturated heterocycles. The average molecular weight is 336 g/mol. The minimum absolute atomic E-state index is 0.141. The van der Waals surface area contributed by atoms with E-state index in [2.05, 4.69) is 33.2 Å². The Bertz CT molecular complexity index is 575. The van der Waals surface area contributed by atoms with Crippen molar-refractivity contribution in [3.8, 4) is 11.3 Å². The molecule has 1 atom stereocenters. The van der Waals surface area contributed by atoms with Crippen LogP contribution in [0.1, 0.15) is 18.7 Å². The van der Waals surface area contributed by atoms with Gasteiger partial charge in [0, 0.05) is 25.6 Å². The number of benzene rings is 1. The normalized spacial score (nSPS) is 12.2. The first-order valence-electron chi connectivity index (χ1n) is 6.47. The highest BCUT2D eigenvalue weighted by atomic mass is 79.9.